The molecule has 18 heavy (non-hydrogen) atoms. The van der Waals surface area contributed by atoms with E-state index in [4.69, 9.17) is 5.73 Å². The number of carbonyl (C=O) groups is 1. The van der Waals surface area contributed by atoms with Gasteiger partial charge in [-0.3, -0.25) is 9.78 Å². The molecule has 0 unspecified atom stereocenters. The lowest BCUT2D eigenvalue weighted by Gasteiger charge is -2.04. The van der Waals surface area contributed by atoms with Crippen molar-refractivity contribution in [2.45, 2.75) is 6.42 Å². The van der Waals surface area contributed by atoms with Crippen LogP contribution >= 0.6 is 0 Å². The van der Waals surface area contributed by atoms with Crippen molar-refractivity contribution >= 4 is 11.5 Å². The van der Waals surface area contributed by atoms with Crippen molar-refractivity contribution in [3.63, 3.8) is 0 Å². The third-order valence-electron chi connectivity index (χ3n) is 2.46. The minimum absolute atomic E-state index is 0.00921. The average Bonchev–Trinajstić information content (AvgIpc) is 2.34. The molecule has 92 valence electrons. The van der Waals surface area contributed by atoms with Crippen LogP contribution in [0.25, 0.3) is 0 Å². The van der Waals surface area contributed by atoms with Crippen molar-refractivity contribution in [3.05, 3.63) is 59.4 Å². The van der Waals surface area contributed by atoms with Gasteiger partial charge in [0.1, 0.15) is 17.3 Å². The minimum atomic E-state index is -0.626. The van der Waals surface area contributed by atoms with Gasteiger partial charge >= 0.3 is 0 Å². The smallest absolute Gasteiger partial charge is 0.187 e. The highest BCUT2D eigenvalue weighted by atomic mass is 19.1. The first-order valence-corrected chi connectivity index (χ1v) is 5.25. The summed E-state index contributed by atoms with van der Waals surface area (Å²) in [5, 5.41) is 0. The molecule has 0 amide bonds. The van der Waals surface area contributed by atoms with E-state index in [0.29, 0.717) is 0 Å². The summed E-state index contributed by atoms with van der Waals surface area (Å²) in [7, 11) is 0. The number of nitrogen functional groups attached to an aromatic ring is 1. The van der Waals surface area contributed by atoms with Gasteiger partial charge in [-0.1, -0.05) is 0 Å². The second-order valence-electron chi connectivity index (χ2n) is 3.78. The minimum Gasteiger partial charge on any atom is -0.397 e. The third kappa shape index (κ3) is 2.51. The summed E-state index contributed by atoms with van der Waals surface area (Å²) in [6.07, 6.45) is 1.15. The van der Waals surface area contributed by atoms with E-state index in [1.807, 2.05) is 0 Å². The molecule has 2 N–H and O–H groups in total. The first-order valence-electron chi connectivity index (χ1n) is 5.25. The zero-order valence-corrected chi connectivity index (χ0v) is 9.36. The maximum absolute atomic E-state index is 13.4. The van der Waals surface area contributed by atoms with Crippen molar-refractivity contribution in [2.75, 3.05) is 5.73 Å². The van der Waals surface area contributed by atoms with Gasteiger partial charge in [-0.2, -0.15) is 0 Å². The number of pyridine rings is 1. The summed E-state index contributed by atoms with van der Waals surface area (Å²) >= 11 is 0. The molecule has 0 saturated carbocycles. The van der Waals surface area contributed by atoms with Gasteiger partial charge in [0.05, 0.1) is 5.69 Å². The van der Waals surface area contributed by atoms with Crippen molar-refractivity contribution in [1.29, 1.82) is 0 Å². The summed E-state index contributed by atoms with van der Waals surface area (Å²) in [6.45, 7) is 0. The molecule has 0 spiro atoms. The molecule has 0 saturated heterocycles. The molecule has 0 fully saturated rings. The Balaban J connectivity index is 2.27. The number of ketones is 1. The average molecular weight is 248 g/mol. The van der Waals surface area contributed by atoms with Crippen LogP contribution in [0.2, 0.25) is 0 Å². The summed E-state index contributed by atoms with van der Waals surface area (Å²) in [5.41, 5.74) is 5.87. The zero-order chi connectivity index (χ0) is 13.1. The van der Waals surface area contributed by atoms with Gasteiger partial charge in [0.2, 0.25) is 0 Å². The van der Waals surface area contributed by atoms with Crippen LogP contribution in [0, 0.1) is 11.6 Å². The van der Waals surface area contributed by atoms with Gasteiger partial charge in [-0.05, 0) is 35.9 Å². The standard InChI is InChI=1S/C13H10F2N2O/c14-9-3-4-10(15)8(6-9)7-12(18)13-11(16)2-1-5-17-13/h1-6H,7,16H2. The molecular weight excluding hydrogens is 238 g/mol. The Bertz CT molecular complexity index is 599. The number of halogens is 2. The van der Waals surface area contributed by atoms with Crippen molar-refractivity contribution in [3.8, 4) is 0 Å². The highest BCUT2D eigenvalue weighted by Gasteiger charge is 2.14. The van der Waals surface area contributed by atoms with Crippen molar-refractivity contribution in [2.24, 2.45) is 0 Å². The molecule has 0 aliphatic rings. The quantitative estimate of drug-likeness (QED) is 0.848. The molecule has 3 nitrogen and oxygen atoms in total. The van der Waals surface area contributed by atoms with Crippen LogP contribution in [-0.2, 0) is 6.42 Å². The molecular formula is C13H10F2N2O. The molecule has 1 heterocycles. The molecule has 1 aromatic carbocycles. The molecule has 1 aromatic heterocycles. The van der Waals surface area contributed by atoms with Gasteiger partial charge in [0.25, 0.3) is 0 Å². The first-order chi connectivity index (χ1) is 8.58. The number of nitrogens with two attached hydrogens (primary N) is 1. The van der Waals surface area contributed by atoms with Crippen molar-refractivity contribution < 1.29 is 13.6 Å². The van der Waals surface area contributed by atoms with Crippen LogP contribution in [-0.4, -0.2) is 10.8 Å². The van der Waals surface area contributed by atoms with E-state index < -0.39 is 17.4 Å². The summed E-state index contributed by atoms with van der Waals surface area (Å²) < 4.78 is 26.3. The molecule has 0 aliphatic heterocycles. The van der Waals surface area contributed by atoms with Gasteiger partial charge in [0.15, 0.2) is 5.78 Å². The highest BCUT2D eigenvalue weighted by molar-refractivity contribution is 5.99. The second kappa shape index (κ2) is 4.91. The number of hydrogen-bond acceptors (Lipinski definition) is 3. The normalized spacial score (nSPS) is 10.3. The largest absolute Gasteiger partial charge is 0.397 e. The second-order valence-corrected chi connectivity index (χ2v) is 3.78. The Morgan fingerprint density at radius 2 is 2.06 bits per heavy atom. The monoisotopic (exact) mass is 248 g/mol. The Morgan fingerprint density at radius 1 is 1.28 bits per heavy atom. The van der Waals surface area contributed by atoms with E-state index in [-0.39, 0.29) is 23.4 Å². The number of hydrogen-bond donors (Lipinski definition) is 1. The lowest BCUT2D eigenvalue weighted by molar-refractivity contribution is 0.0988. The number of Topliss-reactive ketones (excluding diaryl/α,β-unsaturated/α-hetero) is 1. The van der Waals surface area contributed by atoms with Crippen LogP contribution in [0.3, 0.4) is 0 Å². The third-order valence-corrected chi connectivity index (χ3v) is 2.46. The maximum atomic E-state index is 13.4. The predicted molar refractivity (Wildman–Crippen MR) is 63.0 cm³/mol. The first kappa shape index (κ1) is 12.2. The van der Waals surface area contributed by atoms with E-state index in [0.717, 1.165) is 18.2 Å². The molecule has 0 atom stereocenters. The van der Waals surface area contributed by atoms with Gasteiger partial charge < -0.3 is 5.73 Å². The molecule has 2 rings (SSSR count). The van der Waals surface area contributed by atoms with Crippen LogP contribution in [0.15, 0.2) is 36.5 Å². The fourth-order valence-corrected chi connectivity index (χ4v) is 1.59. The molecule has 0 aliphatic carbocycles. The van der Waals surface area contributed by atoms with Crippen LogP contribution in [0.5, 0.6) is 0 Å². The van der Waals surface area contributed by atoms with Crippen LogP contribution in [0.1, 0.15) is 16.1 Å². The Labute approximate surface area is 102 Å². The van der Waals surface area contributed by atoms with E-state index in [1.165, 1.54) is 12.3 Å². The van der Waals surface area contributed by atoms with Crippen LogP contribution < -0.4 is 5.73 Å². The number of rotatable bonds is 3. The SMILES string of the molecule is Nc1cccnc1C(=O)Cc1cc(F)ccc1F. The zero-order valence-electron chi connectivity index (χ0n) is 9.36. The van der Waals surface area contributed by atoms with E-state index >= 15 is 0 Å². The number of benzene rings is 1. The Kier molecular flexibility index (Phi) is 3.32. The Hall–Kier alpha value is -2.30. The molecule has 0 radical (unpaired) electrons. The Morgan fingerprint density at radius 3 is 2.78 bits per heavy atom. The van der Waals surface area contributed by atoms with Crippen LogP contribution in [0.4, 0.5) is 14.5 Å². The molecule has 2 aromatic rings. The number of carbonyl (C=O) groups excluding carboxylic acids is 1. The van der Waals surface area contributed by atoms with Gasteiger partial charge in [0, 0.05) is 12.6 Å². The number of nitrogens with zero attached hydrogens (tertiary/aromatic N) is 1. The maximum Gasteiger partial charge on any atom is 0.187 e. The lowest BCUT2D eigenvalue weighted by atomic mass is 10.1. The van der Waals surface area contributed by atoms with Crippen molar-refractivity contribution in [1.82, 2.24) is 4.98 Å². The van der Waals surface area contributed by atoms with E-state index in [9.17, 15) is 13.6 Å². The summed E-state index contributed by atoms with van der Waals surface area (Å²) in [6, 6.07) is 6.10. The molecule has 5 heteroatoms. The number of anilines is 1. The van der Waals surface area contributed by atoms with E-state index in [2.05, 4.69) is 4.98 Å². The topological polar surface area (TPSA) is 56.0 Å². The molecule has 0 bridgehead atoms. The number of aromatic nitrogens is 1. The van der Waals surface area contributed by atoms with E-state index in [1.54, 1.807) is 6.07 Å². The fraction of sp³-hybridized carbons (Fsp3) is 0.0769. The summed E-state index contributed by atoms with van der Waals surface area (Å²) in [4.78, 5) is 15.7. The summed E-state index contributed by atoms with van der Waals surface area (Å²) in [5.74, 6) is -1.66. The highest BCUT2D eigenvalue weighted by Crippen LogP contribution is 2.15. The predicted octanol–water partition coefficient (Wildman–Crippen LogP) is 2.37. The van der Waals surface area contributed by atoms with Gasteiger partial charge in [-0.15, -0.1) is 0 Å². The fourth-order valence-electron chi connectivity index (χ4n) is 1.59. The lowest BCUT2D eigenvalue weighted by Crippen LogP contribution is -2.10. The van der Waals surface area contributed by atoms with Gasteiger partial charge in [-0.25, -0.2) is 8.78 Å².